The van der Waals surface area contributed by atoms with E-state index in [-0.39, 0.29) is 12.6 Å². The molecule has 0 aliphatic carbocycles. The van der Waals surface area contributed by atoms with Crippen molar-refractivity contribution < 1.29 is 18.7 Å². The van der Waals surface area contributed by atoms with Crippen molar-refractivity contribution in [2.45, 2.75) is 13.5 Å². The van der Waals surface area contributed by atoms with E-state index in [1.54, 1.807) is 11.8 Å². The Hall–Kier alpha value is -3.39. The fourth-order valence-corrected chi connectivity index (χ4v) is 3.62. The molecule has 0 atom stereocenters. The van der Waals surface area contributed by atoms with Crippen molar-refractivity contribution in [3.63, 3.8) is 0 Å². The fraction of sp³-hybridized carbons (Fsp3) is 0.348. The number of oxazole rings is 1. The number of nitrogens with one attached hydrogen (secondary N) is 1. The molecule has 2 heterocycles. The van der Waals surface area contributed by atoms with Crippen molar-refractivity contribution in [1.29, 1.82) is 0 Å². The number of carbonyl (C=O) groups excluding carboxylic acids is 2. The number of benzene rings is 2. The number of esters is 1. The summed E-state index contributed by atoms with van der Waals surface area (Å²) in [6.07, 6.45) is 0. The zero-order valence-electron chi connectivity index (χ0n) is 17.5. The summed E-state index contributed by atoms with van der Waals surface area (Å²) >= 11 is 0. The van der Waals surface area contributed by atoms with E-state index in [0.717, 1.165) is 22.2 Å². The Morgan fingerprint density at radius 2 is 1.84 bits per heavy atom. The quantitative estimate of drug-likeness (QED) is 0.615. The van der Waals surface area contributed by atoms with Crippen LogP contribution in [0.15, 0.2) is 52.9 Å². The Morgan fingerprint density at radius 1 is 1.06 bits per heavy atom. The van der Waals surface area contributed by atoms with Crippen LogP contribution >= 0.6 is 0 Å². The molecule has 1 saturated heterocycles. The standard InChI is InChI=1S/C23H26N4O4/c1-2-30-22(28)15-24-23(29)27-12-10-26(11-13-27)16-21-25-19-14-18(8-9-20(19)31-21)17-6-4-3-5-7-17/h3-9,14H,2,10-13,15-16H2,1H3,(H,24,29). The number of urea groups is 1. The summed E-state index contributed by atoms with van der Waals surface area (Å²) in [6, 6.07) is 16.0. The van der Waals surface area contributed by atoms with Crippen LogP contribution in [0.5, 0.6) is 0 Å². The van der Waals surface area contributed by atoms with Gasteiger partial charge < -0.3 is 19.4 Å². The summed E-state index contributed by atoms with van der Waals surface area (Å²) in [6.45, 7) is 5.09. The molecule has 1 fully saturated rings. The van der Waals surface area contributed by atoms with Crippen LogP contribution in [0, 0.1) is 0 Å². The molecular formula is C23H26N4O4. The smallest absolute Gasteiger partial charge is 0.325 e. The number of ether oxygens (including phenoxy) is 1. The number of rotatable bonds is 6. The van der Waals surface area contributed by atoms with Gasteiger partial charge >= 0.3 is 12.0 Å². The van der Waals surface area contributed by atoms with E-state index < -0.39 is 5.97 Å². The predicted molar refractivity (Wildman–Crippen MR) is 116 cm³/mol. The summed E-state index contributed by atoms with van der Waals surface area (Å²) in [5, 5.41) is 2.60. The lowest BCUT2D eigenvalue weighted by molar-refractivity contribution is -0.141. The highest BCUT2D eigenvalue weighted by molar-refractivity contribution is 5.81. The number of nitrogens with zero attached hydrogens (tertiary/aromatic N) is 3. The summed E-state index contributed by atoms with van der Waals surface area (Å²) in [7, 11) is 0. The molecule has 0 bridgehead atoms. The van der Waals surface area contributed by atoms with E-state index in [1.807, 2.05) is 36.4 Å². The van der Waals surface area contributed by atoms with Crippen molar-refractivity contribution in [2.24, 2.45) is 0 Å². The zero-order chi connectivity index (χ0) is 21.6. The van der Waals surface area contributed by atoms with Crippen LogP contribution in [-0.4, -0.2) is 66.1 Å². The van der Waals surface area contributed by atoms with E-state index in [0.29, 0.717) is 45.2 Å². The molecule has 8 heteroatoms. The highest BCUT2D eigenvalue weighted by atomic mass is 16.5. The van der Waals surface area contributed by atoms with Gasteiger partial charge in [0.15, 0.2) is 5.58 Å². The lowest BCUT2D eigenvalue weighted by atomic mass is 10.1. The molecule has 0 radical (unpaired) electrons. The highest BCUT2D eigenvalue weighted by Gasteiger charge is 2.22. The maximum Gasteiger partial charge on any atom is 0.325 e. The molecule has 2 aromatic carbocycles. The van der Waals surface area contributed by atoms with Gasteiger partial charge in [-0.05, 0) is 30.2 Å². The molecule has 1 N–H and O–H groups in total. The van der Waals surface area contributed by atoms with Gasteiger partial charge in [0.05, 0.1) is 13.2 Å². The van der Waals surface area contributed by atoms with Crippen molar-refractivity contribution in [3.8, 4) is 11.1 Å². The van der Waals surface area contributed by atoms with Gasteiger partial charge in [-0.25, -0.2) is 9.78 Å². The van der Waals surface area contributed by atoms with Gasteiger partial charge in [-0.15, -0.1) is 0 Å². The van der Waals surface area contributed by atoms with Crippen LogP contribution in [0.4, 0.5) is 4.79 Å². The van der Waals surface area contributed by atoms with E-state index in [9.17, 15) is 9.59 Å². The Kier molecular flexibility index (Phi) is 6.47. The molecular weight excluding hydrogens is 396 g/mol. The Morgan fingerprint density at radius 3 is 2.58 bits per heavy atom. The predicted octanol–water partition coefficient (Wildman–Crippen LogP) is 2.89. The number of fused-ring (bicyclic) bond motifs is 1. The third kappa shape index (κ3) is 5.21. The van der Waals surface area contributed by atoms with Crippen molar-refractivity contribution in [2.75, 3.05) is 39.3 Å². The van der Waals surface area contributed by atoms with Crippen LogP contribution in [0.1, 0.15) is 12.8 Å². The maximum atomic E-state index is 12.2. The molecule has 31 heavy (non-hydrogen) atoms. The van der Waals surface area contributed by atoms with Gasteiger partial charge in [0.1, 0.15) is 12.1 Å². The van der Waals surface area contributed by atoms with Crippen LogP contribution in [-0.2, 0) is 16.1 Å². The maximum absolute atomic E-state index is 12.2. The van der Waals surface area contributed by atoms with Gasteiger partial charge in [-0.1, -0.05) is 36.4 Å². The average Bonchev–Trinajstić information content (AvgIpc) is 3.20. The molecule has 1 aromatic heterocycles. The minimum atomic E-state index is -0.430. The third-order valence-electron chi connectivity index (χ3n) is 5.25. The van der Waals surface area contributed by atoms with Crippen molar-refractivity contribution in [1.82, 2.24) is 20.1 Å². The molecule has 2 amide bonds. The van der Waals surface area contributed by atoms with E-state index >= 15 is 0 Å². The molecule has 4 rings (SSSR count). The molecule has 162 valence electrons. The van der Waals surface area contributed by atoms with Gasteiger partial charge in [-0.3, -0.25) is 9.69 Å². The Bertz CT molecular complexity index is 1040. The normalized spacial score (nSPS) is 14.5. The Balaban J connectivity index is 1.31. The Labute approximate surface area is 180 Å². The first kappa shape index (κ1) is 20.9. The summed E-state index contributed by atoms with van der Waals surface area (Å²) < 4.78 is 10.7. The first-order valence-corrected chi connectivity index (χ1v) is 10.5. The summed E-state index contributed by atoms with van der Waals surface area (Å²) in [4.78, 5) is 32.1. The monoisotopic (exact) mass is 422 g/mol. The lowest BCUT2D eigenvalue weighted by Gasteiger charge is -2.33. The van der Waals surface area contributed by atoms with E-state index in [2.05, 4.69) is 27.3 Å². The summed E-state index contributed by atoms with van der Waals surface area (Å²) in [5.74, 6) is 0.237. The SMILES string of the molecule is CCOC(=O)CNC(=O)N1CCN(Cc2nc3cc(-c4ccccc4)ccc3o2)CC1. The fourth-order valence-electron chi connectivity index (χ4n) is 3.62. The molecule has 0 spiro atoms. The number of hydrogen-bond acceptors (Lipinski definition) is 6. The van der Waals surface area contributed by atoms with Crippen molar-refractivity contribution in [3.05, 3.63) is 54.4 Å². The van der Waals surface area contributed by atoms with Crippen LogP contribution in [0.2, 0.25) is 0 Å². The minimum Gasteiger partial charge on any atom is -0.465 e. The second-order valence-electron chi connectivity index (χ2n) is 7.38. The van der Waals surface area contributed by atoms with Crippen LogP contribution < -0.4 is 5.32 Å². The molecule has 0 saturated carbocycles. The number of amides is 2. The topological polar surface area (TPSA) is 87.9 Å². The second-order valence-corrected chi connectivity index (χ2v) is 7.38. The van der Waals surface area contributed by atoms with Gasteiger partial charge in [0.2, 0.25) is 5.89 Å². The number of aromatic nitrogens is 1. The largest absolute Gasteiger partial charge is 0.465 e. The number of piperazine rings is 1. The van der Waals surface area contributed by atoms with Gasteiger partial charge in [0, 0.05) is 26.2 Å². The van der Waals surface area contributed by atoms with Crippen LogP contribution in [0.25, 0.3) is 22.2 Å². The van der Waals surface area contributed by atoms with E-state index in [1.165, 1.54) is 0 Å². The first-order valence-electron chi connectivity index (χ1n) is 10.5. The molecule has 1 aliphatic rings. The third-order valence-corrected chi connectivity index (χ3v) is 5.25. The molecule has 0 unspecified atom stereocenters. The number of carbonyl (C=O) groups is 2. The molecule has 3 aromatic rings. The zero-order valence-corrected chi connectivity index (χ0v) is 17.5. The highest BCUT2D eigenvalue weighted by Crippen LogP contribution is 2.25. The van der Waals surface area contributed by atoms with Crippen molar-refractivity contribution >= 4 is 23.1 Å². The average molecular weight is 422 g/mol. The molecule has 8 nitrogen and oxygen atoms in total. The van der Waals surface area contributed by atoms with Gasteiger partial charge in [0.25, 0.3) is 0 Å². The van der Waals surface area contributed by atoms with E-state index in [4.69, 9.17) is 9.15 Å². The van der Waals surface area contributed by atoms with Crippen LogP contribution in [0.3, 0.4) is 0 Å². The first-order chi connectivity index (χ1) is 15.1. The number of hydrogen-bond donors (Lipinski definition) is 1. The molecule has 1 aliphatic heterocycles. The lowest BCUT2D eigenvalue weighted by Crippen LogP contribution is -2.52. The van der Waals surface area contributed by atoms with Gasteiger partial charge in [-0.2, -0.15) is 0 Å². The minimum absolute atomic E-state index is 0.110. The summed E-state index contributed by atoms with van der Waals surface area (Å²) in [5.41, 5.74) is 3.86. The second kappa shape index (κ2) is 9.61.